The number of aromatic carboxylic acids is 1. The molecule has 2 rings (SSSR count). The van der Waals surface area contributed by atoms with E-state index in [1.807, 2.05) is 0 Å². The number of carboxylic acid groups (broad SMARTS) is 1. The summed E-state index contributed by atoms with van der Waals surface area (Å²) in [4.78, 5) is 20.7. The van der Waals surface area contributed by atoms with Crippen LogP contribution in [0.4, 0.5) is 5.82 Å². The van der Waals surface area contributed by atoms with E-state index in [1.165, 1.54) is 18.0 Å². The maximum atomic E-state index is 10.7. The molecule has 0 aromatic carbocycles. The van der Waals surface area contributed by atoms with Gasteiger partial charge in [-0.3, -0.25) is 0 Å². The summed E-state index contributed by atoms with van der Waals surface area (Å²) >= 11 is 3.52. The van der Waals surface area contributed by atoms with Gasteiger partial charge in [0.15, 0.2) is 5.69 Å². The van der Waals surface area contributed by atoms with E-state index in [-0.39, 0.29) is 5.69 Å². The molecule has 2 heterocycles. The van der Waals surface area contributed by atoms with E-state index < -0.39 is 5.97 Å². The lowest BCUT2D eigenvalue weighted by Crippen LogP contribution is -2.30. The number of rotatable bonds is 2. The third-order valence-corrected chi connectivity index (χ3v) is 3.66. The molecule has 1 aliphatic heterocycles. The van der Waals surface area contributed by atoms with Gasteiger partial charge in [0.05, 0.1) is 18.9 Å². The highest BCUT2D eigenvalue weighted by molar-refractivity contribution is 9.11. The Morgan fingerprint density at radius 3 is 2.76 bits per heavy atom. The predicted molar refractivity (Wildman–Crippen MR) is 67.4 cm³/mol. The molecule has 5 nitrogen and oxygen atoms in total. The SMILES string of the molecule is CC1=C(Br)CN(c2cnc(C(=O)O)cn2)CC1. The largest absolute Gasteiger partial charge is 0.476 e. The Hall–Kier alpha value is -1.43. The number of carboxylic acids is 1. The van der Waals surface area contributed by atoms with Crippen LogP contribution in [0.1, 0.15) is 23.8 Å². The Labute approximate surface area is 107 Å². The van der Waals surface area contributed by atoms with Crippen molar-refractivity contribution in [3.63, 3.8) is 0 Å². The molecule has 0 spiro atoms. The van der Waals surface area contributed by atoms with Crippen LogP contribution in [0.5, 0.6) is 0 Å². The van der Waals surface area contributed by atoms with Gasteiger partial charge in [-0.05, 0) is 13.3 Å². The number of nitrogens with zero attached hydrogens (tertiary/aromatic N) is 3. The first-order valence-electron chi connectivity index (χ1n) is 5.22. The number of aromatic nitrogens is 2. The zero-order valence-corrected chi connectivity index (χ0v) is 10.9. The Morgan fingerprint density at radius 2 is 2.24 bits per heavy atom. The number of halogens is 1. The van der Waals surface area contributed by atoms with Gasteiger partial charge in [0.1, 0.15) is 5.82 Å². The van der Waals surface area contributed by atoms with Crippen molar-refractivity contribution in [2.75, 3.05) is 18.0 Å². The van der Waals surface area contributed by atoms with Gasteiger partial charge in [0.2, 0.25) is 0 Å². The molecule has 1 N–H and O–H groups in total. The first kappa shape index (κ1) is 12.0. The van der Waals surface area contributed by atoms with Crippen LogP contribution in [0.25, 0.3) is 0 Å². The molecule has 0 fully saturated rings. The molecule has 90 valence electrons. The summed E-state index contributed by atoms with van der Waals surface area (Å²) in [6, 6.07) is 0. The summed E-state index contributed by atoms with van der Waals surface area (Å²) in [7, 11) is 0. The molecule has 0 atom stereocenters. The quantitative estimate of drug-likeness (QED) is 0.905. The number of hydrogen-bond acceptors (Lipinski definition) is 4. The van der Waals surface area contributed by atoms with E-state index >= 15 is 0 Å². The Morgan fingerprint density at radius 1 is 1.47 bits per heavy atom. The molecule has 1 aromatic heterocycles. The normalized spacial score (nSPS) is 16.2. The maximum Gasteiger partial charge on any atom is 0.356 e. The smallest absolute Gasteiger partial charge is 0.356 e. The summed E-state index contributed by atoms with van der Waals surface area (Å²) < 4.78 is 1.16. The fourth-order valence-corrected chi connectivity index (χ4v) is 2.11. The van der Waals surface area contributed by atoms with E-state index in [4.69, 9.17) is 5.11 Å². The average molecular weight is 298 g/mol. The second kappa shape index (κ2) is 4.83. The lowest BCUT2D eigenvalue weighted by atomic mass is 10.1. The fourth-order valence-electron chi connectivity index (χ4n) is 1.61. The summed E-state index contributed by atoms with van der Waals surface area (Å²) in [6.45, 7) is 3.73. The third kappa shape index (κ3) is 2.63. The molecule has 0 amide bonds. The zero-order valence-electron chi connectivity index (χ0n) is 9.35. The molecular weight excluding hydrogens is 286 g/mol. The Balaban J connectivity index is 2.16. The Kier molecular flexibility index (Phi) is 3.42. The van der Waals surface area contributed by atoms with Gasteiger partial charge in [0, 0.05) is 11.0 Å². The van der Waals surface area contributed by atoms with Crippen LogP contribution in [-0.4, -0.2) is 34.1 Å². The van der Waals surface area contributed by atoms with Crippen LogP contribution >= 0.6 is 15.9 Å². The minimum atomic E-state index is -1.06. The molecule has 0 saturated carbocycles. The molecule has 0 unspecified atom stereocenters. The predicted octanol–water partition coefficient (Wildman–Crippen LogP) is 2.05. The standard InChI is InChI=1S/C11H12BrN3O2/c1-7-2-3-15(6-8(7)12)10-5-13-9(4-14-10)11(16)17/h4-5H,2-3,6H2,1H3,(H,16,17). The minimum Gasteiger partial charge on any atom is -0.476 e. The molecule has 0 aliphatic carbocycles. The minimum absolute atomic E-state index is 0.0310. The first-order valence-corrected chi connectivity index (χ1v) is 6.01. The van der Waals surface area contributed by atoms with Crippen molar-refractivity contribution in [3.8, 4) is 0 Å². The lowest BCUT2D eigenvalue weighted by Gasteiger charge is -2.28. The highest BCUT2D eigenvalue weighted by Crippen LogP contribution is 2.24. The van der Waals surface area contributed by atoms with Gasteiger partial charge in [-0.25, -0.2) is 14.8 Å². The van der Waals surface area contributed by atoms with Crippen molar-refractivity contribution in [1.29, 1.82) is 0 Å². The van der Waals surface area contributed by atoms with Crippen molar-refractivity contribution in [2.24, 2.45) is 0 Å². The highest BCUT2D eigenvalue weighted by Gasteiger charge is 2.17. The van der Waals surface area contributed by atoms with Crippen molar-refractivity contribution in [3.05, 3.63) is 28.1 Å². The van der Waals surface area contributed by atoms with Crippen LogP contribution in [-0.2, 0) is 0 Å². The van der Waals surface area contributed by atoms with Gasteiger partial charge >= 0.3 is 5.97 Å². The monoisotopic (exact) mass is 297 g/mol. The first-order chi connectivity index (χ1) is 8.08. The Bertz CT molecular complexity index is 470. The van der Waals surface area contributed by atoms with E-state index in [0.717, 1.165) is 24.0 Å². The van der Waals surface area contributed by atoms with Crippen LogP contribution in [0.15, 0.2) is 22.4 Å². The molecular formula is C11H12BrN3O2. The van der Waals surface area contributed by atoms with E-state index in [9.17, 15) is 4.79 Å². The second-order valence-electron chi connectivity index (χ2n) is 3.92. The van der Waals surface area contributed by atoms with Crippen molar-refractivity contribution in [2.45, 2.75) is 13.3 Å². The van der Waals surface area contributed by atoms with Gasteiger partial charge in [-0.2, -0.15) is 0 Å². The fraction of sp³-hybridized carbons (Fsp3) is 0.364. The van der Waals surface area contributed by atoms with E-state index in [1.54, 1.807) is 0 Å². The topological polar surface area (TPSA) is 66.3 Å². The van der Waals surface area contributed by atoms with Gasteiger partial charge in [-0.15, -0.1) is 0 Å². The molecule has 17 heavy (non-hydrogen) atoms. The molecule has 0 saturated heterocycles. The van der Waals surface area contributed by atoms with Gasteiger partial charge in [-0.1, -0.05) is 21.5 Å². The second-order valence-corrected chi connectivity index (χ2v) is 4.88. The molecule has 1 aromatic rings. The summed E-state index contributed by atoms with van der Waals surface area (Å²) in [5, 5.41) is 8.73. The van der Waals surface area contributed by atoms with Crippen LogP contribution < -0.4 is 4.90 Å². The van der Waals surface area contributed by atoms with Crippen LogP contribution in [0, 0.1) is 0 Å². The van der Waals surface area contributed by atoms with Crippen molar-refractivity contribution < 1.29 is 9.90 Å². The van der Waals surface area contributed by atoms with Gasteiger partial charge in [0.25, 0.3) is 0 Å². The van der Waals surface area contributed by atoms with Gasteiger partial charge < -0.3 is 10.0 Å². The number of carbonyl (C=O) groups is 1. The third-order valence-electron chi connectivity index (χ3n) is 2.73. The average Bonchev–Trinajstić information content (AvgIpc) is 2.33. The van der Waals surface area contributed by atoms with Crippen LogP contribution in [0.2, 0.25) is 0 Å². The number of hydrogen-bond donors (Lipinski definition) is 1. The maximum absolute atomic E-state index is 10.7. The summed E-state index contributed by atoms with van der Waals surface area (Å²) in [6.07, 6.45) is 3.77. The highest BCUT2D eigenvalue weighted by atomic mass is 79.9. The van der Waals surface area contributed by atoms with E-state index in [0.29, 0.717) is 5.82 Å². The van der Waals surface area contributed by atoms with Crippen molar-refractivity contribution >= 4 is 27.7 Å². The number of anilines is 1. The molecule has 0 bridgehead atoms. The summed E-state index contributed by atoms with van der Waals surface area (Å²) in [5.41, 5.74) is 1.31. The summed E-state index contributed by atoms with van der Waals surface area (Å²) in [5.74, 6) is -0.348. The van der Waals surface area contributed by atoms with Crippen molar-refractivity contribution in [1.82, 2.24) is 9.97 Å². The van der Waals surface area contributed by atoms with Crippen LogP contribution in [0.3, 0.4) is 0 Å². The zero-order chi connectivity index (χ0) is 12.4. The lowest BCUT2D eigenvalue weighted by molar-refractivity contribution is 0.0690. The molecule has 0 radical (unpaired) electrons. The van der Waals surface area contributed by atoms with E-state index in [2.05, 4.69) is 37.7 Å². The molecule has 1 aliphatic rings. The molecule has 6 heteroatoms.